The van der Waals surface area contributed by atoms with E-state index >= 15 is 0 Å². The number of rotatable bonds is 4. The number of anilines is 2. The number of hydrogen-bond donors (Lipinski definition) is 0. The highest BCUT2D eigenvalue weighted by molar-refractivity contribution is 6.33. The van der Waals surface area contributed by atoms with Crippen LogP contribution in [0.15, 0.2) is 53.6 Å². The molecular formula is C20H21ClN6O. The summed E-state index contributed by atoms with van der Waals surface area (Å²) in [5.74, 6) is 1.68. The van der Waals surface area contributed by atoms with E-state index in [-0.39, 0.29) is 10.6 Å². The molecule has 1 aromatic carbocycles. The molecule has 144 valence electrons. The van der Waals surface area contributed by atoms with Crippen LogP contribution in [0.2, 0.25) is 5.02 Å². The number of aromatic nitrogens is 4. The summed E-state index contributed by atoms with van der Waals surface area (Å²) < 4.78 is 1.40. The fourth-order valence-electron chi connectivity index (χ4n) is 3.34. The van der Waals surface area contributed by atoms with Crippen LogP contribution in [0.4, 0.5) is 11.5 Å². The van der Waals surface area contributed by atoms with Gasteiger partial charge in [0.25, 0.3) is 5.56 Å². The second kappa shape index (κ2) is 7.98. The maximum atomic E-state index is 12.7. The van der Waals surface area contributed by atoms with Gasteiger partial charge in [-0.15, -0.1) is 0 Å². The van der Waals surface area contributed by atoms with E-state index in [1.165, 1.54) is 4.68 Å². The minimum absolute atomic E-state index is 0.220. The fraction of sp³-hybridized carbons (Fsp3) is 0.300. The van der Waals surface area contributed by atoms with E-state index in [1.54, 1.807) is 12.4 Å². The van der Waals surface area contributed by atoms with Crippen molar-refractivity contribution in [3.8, 4) is 0 Å². The van der Waals surface area contributed by atoms with Crippen LogP contribution in [0.1, 0.15) is 11.4 Å². The lowest BCUT2D eigenvalue weighted by Gasteiger charge is -2.36. The van der Waals surface area contributed by atoms with Crippen LogP contribution in [0.5, 0.6) is 0 Å². The normalized spacial score (nSPS) is 14.4. The third-order valence-corrected chi connectivity index (χ3v) is 5.20. The smallest absolute Gasteiger partial charge is 0.287 e. The van der Waals surface area contributed by atoms with Crippen LogP contribution in [-0.2, 0) is 6.54 Å². The van der Waals surface area contributed by atoms with Gasteiger partial charge >= 0.3 is 0 Å². The van der Waals surface area contributed by atoms with Crippen LogP contribution in [0.25, 0.3) is 0 Å². The van der Waals surface area contributed by atoms with Crippen LogP contribution < -0.4 is 15.4 Å². The average Bonchev–Trinajstić information content (AvgIpc) is 2.73. The fourth-order valence-corrected chi connectivity index (χ4v) is 3.61. The Morgan fingerprint density at radius 2 is 1.75 bits per heavy atom. The molecule has 7 nitrogen and oxygen atoms in total. The molecule has 1 aliphatic heterocycles. The van der Waals surface area contributed by atoms with Crippen molar-refractivity contribution >= 4 is 23.1 Å². The van der Waals surface area contributed by atoms with E-state index in [4.69, 9.17) is 11.6 Å². The Morgan fingerprint density at radius 3 is 2.46 bits per heavy atom. The highest BCUT2D eigenvalue weighted by Crippen LogP contribution is 2.23. The first kappa shape index (κ1) is 18.4. The Bertz CT molecular complexity index is 1010. The molecule has 0 N–H and O–H groups in total. The van der Waals surface area contributed by atoms with Gasteiger partial charge < -0.3 is 9.80 Å². The van der Waals surface area contributed by atoms with Gasteiger partial charge in [-0.1, -0.05) is 41.9 Å². The van der Waals surface area contributed by atoms with Crippen molar-refractivity contribution < 1.29 is 0 Å². The maximum Gasteiger partial charge on any atom is 0.287 e. The van der Waals surface area contributed by atoms with E-state index in [0.717, 1.165) is 43.4 Å². The Morgan fingerprint density at radius 1 is 1.04 bits per heavy atom. The third-order valence-electron chi connectivity index (χ3n) is 4.85. The van der Waals surface area contributed by atoms with Gasteiger partial charge in [-0.2, -0.15) is 5.10 Å². The highest BCUT2D eigenvalue weighted by Gasteiger charge is 2.22. The zero-order valence-corrected chi connectivity index (χ0v) is 16.4. The number of hydrogen-bond acceptors (Lipinski definition) is 6. The molecule has 0 radical (unpaired) electrons. The molecule has 0 aliphatic carbocycles. The first-order valence-electron chi connectivity index (χ1n) is 9.21. The number of aryl methyl sites for hydroxylation is 1. The van der Waals surface area contributed by atoms with Gasteiger partial charge in [-0.25, -0.2) is 14.6 Å². The van der Waals surface area contributed by atoms with Gasteiger partial charge in [0.2, 0.25) is 0 Å². The zero-order chi connectivity index (χ0) is 19.5. The predicted molar refractivity (Wildman–Crippen MR) is 110 cm³/mol. The van der Waals surface area contributed by atoms with Crippen molar-refractivity contribution in [2.24, 2.45) is 0 Å². The van der Waals surface area contributed by atoms with Crippen molar-refractivity contribution in [3.05, 3.63) is 75.6 Å². The molecule has 3 heterocycles. The van der Waals surface area contributed by atoms with Gasteiger partial charge in [0.1, 0.15) is 16.7 Å². The summed E-state index contributed by atoms with van der Waals surface area (Å²) in [6.07, 6.45) is 3.47. The van der Waals surface area contributed by atoms with Gasteiger partial charge in [0.05, 0.1) is 18.4 Å². The number of nitrogens with zero attached hydrogens (tertiary/aromatic N) is 6. The second-order valence-electron chi connectivity index (χ2n) is 6.73. The Labute approximate surface area is 168 Å². The molecule has 0 atom stereocenters. The SMILES string of the molecule is Cc1nccc(N2CCN(c3cnn(Cc4ccccc4)c(=O)c3Cl)CC2)n1. The maximum absolute atomic E-state index is 12.7. The number of halogens is 1. The van der Waals surface area contributed by atoms with Gasteiger partial charge in [-0.3, -0.25) is 4.79 Å². The minimum Gasteiger partial charge on any atom is -0.365 e. The minimum atomic E-state index is -0.267. The molecule has 0 saturated carbocycles. The lowest BCUT2D eigenvalue weighted by molar-refractivity contribution is 0.620. The first-order valence-corrected chi connectivity index (χ1v) is 9.59. The molecule has 1 fully saturated rings. The van der Waals surface area contributed by atoms with E-state index in [9.17, 15) is 4.79 Å². The van der Waals surface area contributed by atoms with E-state index in [1.807, 2.05) is 43.3 Å². The molecule has 28 heavy (non-hydrogen) atoms. The summed E-state index contributed by atoms with van der Waals surface area (Å²) in [5.41, 5.74) is 1.43. The topological polar surface area (TPSA) is 67.2 Å². The van der Waals surface area contributed by atoms with Crippen LogP contribution in [-0.4, -0.2) is 45.9 Å². The first-order chi connectivity index (χ1) is 13.6. The molecule has 1 aliphatic rings. The lowest BCUT2D eigenvalue weighted by Crippen LogP contribution is -2.47. The van der Waals surface area contributed by atoms with Crippen molar-refractivity contribution in [2.45, 2.75) is 13.5 Å². The Kier molecular flexibility index (Phi) is 5.25. The summed E-state index contributed by atoms with van der Waals surface area (Å²) in [6.45, 7) is 5.36. The molecule has 0 unspecified atom stereocenters. The van der Waals surface area contributed by atoms with E-state index in [2.05, 4.69) is 24.9 Å². The molecular weight excluding hydrogens is 376 g/mol. The molecule has 3 aromatic rings. The van der Waals surface area contributed by atoms with Gasteiger partial charge in [0.15, 0.2) is 0 Å². The quantitative estimate of drug-likeness (QED) is 0.674. The lowest BCUT2D eigenvalue weighted by atomic mass is 10.2. The standard InChI is InChI=1S/C20H21ClN6O/c1-15-22-8-7-18(24-15)26-11-9-25(10-12-26)17-13-23-27(20(28)19(17)21)14-16-5-3-2-4-6-16/h2-8,13H,9-12,14H2,1H3. The van der Waals surface area contributed by atoms with Crippen molar-refractivity contribution in [2.75, 3.05) is 36.0 Å². The highest BCUT2D eigenvalue weighted by atomic mass is 35.5. The third kappa shape index (κ3) is 3.84. The Hall–Kier alpha value is -2.93. The summed E-state index contributed by atoms with van der Waals surface area (Å²) in [7, 11) is 0. The molecule has 1 saturated heterocycles. The predicted octanol–water partition coefficient (Wildman–Crippen LogP) is 2.37. The van der Waals surface area contributed by atoms with E-state index < -0.39 is 0 Å². The van der Waals surface area contributed by atoms with E-state index in [0.29, 0.717) is 12.2 Å². The summed E-state index contributed by atoms with van der Waals surface area (Å²) in [4.78, 5) is 25.6. The molecule has 0 amide bonds. The van der Waals surface area contributed by atoms with Crippen LogP contribution >= 0.6 is 11.6 Å². The van der Waals surface area contributed by atoms with Crippen molar-refractivity contribution in [1.82, 2.24) is 19.7 Å². The number of benzene rings is 1. The number of piperazine rings is 1. The van der Waals surface area contributed by atoms with Crippen LogP contribution in [0.3, 0.4) is 0 Å². The molecule has 4 rings (SSSR count). The molecule has 0 bridgehead atoms. The second-order valence-corrected chi connectivity index (χ2v) is 7.11. The molecule has 8 heteroatoms. The monoisotopic (exact) mass is 396 g/mol. The summed E-state index contributed by atoms with van der Waals surface area (Å²) >= 11 is 6.42. The molecule has 2 aromatic heterocycles. The van der Waals surface area contributed by atoms with Gasteiger partial charge in [0, 0.05) is 32.4 Å². The molecule has 0 spiro atoms. The largest absolute Gasteiger partial charge is 0.365 e. The van der Waals surface area contributed by atoms with Crippen molar-refractivity contribution in [1.29, 1.82) is 0 Å². The van der Waals surface area contributed by atoms with Gasteiger partial charge in [-0.05, 0) is 18.6 Å². The van der Waals surface area contributed by atoms with Crippen molar-refractivity contribution in [3.63, 3.8) is 0 Å². The zero-order valence-electron chi connectivity index (χ0n) is 15.6. The average molecular weight is 397 g/mol. The van der Waals surface area contributed by atoms with Crippen LogP contribution in [0, 0.1) is 6.92 Å². The Balaban J connectivity index is 1.48. The summed E-state index contributed by atoms with van der Waals surface area (Å²) in [5, 5.41) is 4.56. The summed E-state index contributed by atoms with van der Waals surface area (Å²) in [6, 6.07) is 11.7.